The molecule has 5 heteroatoms. The number of hydrogen-bond donors (Lipinski definition) is 2. The second-order valence-electron chi connectivity index (χ2n) is 4.40. The van der Waals surface area contributed by atoms with E-state index in [1.54, 1.807) is 14.2 Å². The Morgan fingerprint density at radius 1 is 0.667 bits per heavy atom. The predicted octanol–water partition coefficient (Wildman–Crippen LogP) is 2.92. The van der Waals surface area contributed by atoms with Gasteiger partial charge in [-0.05, 0) is 35.4 Å². The van der Waals surface area contributed by atoms with E-state index in [9.17, 15) is 0 Å². The second kappa shape index (κ2) is 9.23. The van der Waals surface area contributed by atoms with E-state index in [1.165, 1.54) is 11.1 Å². The molecule has 0 radical (unpaired) electrons. The Morgan fingerprint density at radius 2 is 1.00 bits per heavy atom. The third-order valence-corrected chi connectivity index (χ3v) is 3.03. The zero-order valence-electron chi connectivity index (χ0n) is 12.3. The zero-order valence-corrected chi connectivity index (χ0v) is 13.1. The van der Waals surface area contributed by atoms with Crippen molar-refractivity contribution in [3.05, 3.63) is 59.7 Å². The average Bonchev–Trinajstić information content (AvgIpc) is 2.53. The minimum atomic E-state index is 0. The summed E-state index contributed by atoms with van der Waals surface area (Å²) in [4.78, 5) is 0. The van der Waals surface area contributed by atoms with E-state index in [4.69, 9.17) is 9.47 Å². The topological polar surface area (TPSA) is 42.5 Å². The number of methoxy groups -OCH3 is 2. The fourth-order valence-corrected chi connectivity index (χ4v) is 1.82. The van der Waals surface area contributed by atoms with Crippen molar-refractivity contribution in [2.45, 2.75) is 13.1 Å². The highest BCUT2D eigenvalue weighted by atomic mass is 35.5. The van der Waals surface area contributed by atoms with Crippen LogP contribution in [0.1, 0.15) is 11.1 Å². The molecule has 0 aromatic heterocycles. The Morgan fingerprint density at radius 3 is 1.29 bits per heavy atom. The minimum Gasteiger partial charge on any atom is -0.497 e. The van der Waals surface area contributed by atoms with Gasteiger partial charge in [0.2, 0.25) is 0 Å². The molecule has 21 heavy (non-hydrogen) atoms. The highest BCUT2D eigenvalue weighted by Crippen LogP contribution is 2.11. The lowest BCUT2D eigenvalue weighted by Gasteiger charge is -2.08. The number of nitrogens with one attached hydrogen (secondary N) is 2. The largest absolute Gasteiger partial charge is 0.497 e. The summed E-state index contributed by atoms with van der Waals surface area (Å²) < 4.78 is 10.3. The first-order chi connectivity index (χ1) is 9.81. The van der Waals surface area contributed by atoms with Gasteiger partial charge in [-0.2, -0.15) is 0 Å². The van der Waals surface area contributed by atoms with E-state index in [1.807, 2.05) is 48.5 Å². The zero-order chi connectivity index (χ0) is 14.2. The molecule has 2 aromatic rings. The quantitative estimate of drug-likeness (QED) is 0.610. The first kappa shape index (κ1) is 17.3. The van der Waals surface area contributed by atoms with Crippen molar-refractivity contribution in [2.24, 2.45) is 0 Å². The molecule has 0 fully saturated rings. The van der Waals surface area contributed by atoms with Crippen molar-refractivity contribution in [1.29, 1.82) is 0 Å². The SMILES string of the molecule is COc1ccc(CNNCc2ccc(OC)cc2)cc1.Cl. The highest BCUT2D eigenvalue weighted by molar-refractivity contribution is 5.85. The van der Waals surface area contributed by atoms with Gasteiger partial charge in [-0.15, -0.1) is 12.4 Å². The van der Waals surface area contributed by atoms with Gasteiger partial charge in [0.1, 0.15) is 11.5 Å². The van der Waals surface area contributed by atoms with Crippen LogP contribution in [0.3, 0.4) is 0 Å². The van der Waals surface area contributed by atoms with Gasteiger partial charge in [0.25, 0.3) is 0 Å². The van der Waals surface area contributed by atoms with Crippen LogP contribution in [0.15, 0.2) is 48.5 Å². The van der Waals surface area contributed by atoms with Crippen LogP contribution in [-0.2, 0) is 13.1 Å². The molecule has 2 aromatic carbocycles. The summed E-state index contributed by atoms with van der Waals surface area (Å²) in [6.07, 6.45) is 0. The van der Waals surface area contributed by atoms with E-state index >= 15 is 0 Å². The van der Waals surface area contributed by atoms with E-state index in [0.717, 1.165) is 24.6 Å². The molecule has 0 spiro atoms. The van der Waals surface area contributed by atoms with E-state index in [2.05, 4.69) is 10.9 Å². The van der Waals surface area contributed by atoms with Crippen LogP contribution >= 0.6 is 12.4 Å². The summed E-state index contributed by atoms with van der Waals surface area (Å²) in [5, 5.41) is 0. The summed E-state index contributed by atoms with van der Waals surface area (Å²) in [6, 6.07) is 16.0. The van der Waals surface area contributed by atoms with E-state index < -0.39 is 0 Å². The summed E-state index contributed by atoms with van der Waals surface area (Å²) >= 11 is 0. The normalized spacial score (nSPS) is 9.81. The molecule has 114 valence electrons. The van der Waals surface area contributed by atoms with Gasteiger partial charge in [0.15, 0.2) is 0 Å². The maximum atomic E-state index is 5.13. The molecule has 0 saturated carbocycles. The van der Waals surface area contributed by atoms with Crippen molar-refractivity contribution in [3.8, 4) is 11.5 Å². The molecule has 0 aliphatic heterocycles. The van der Waals surface area contributed by atoms with Gasteiger partial charge in [-0.3, -0.25) is 10.9 Å². The monoisotopic (exact) mass is 308 g/mol. The first-order valence-corrected chi connectivity index (χ1v) is 6.53. The van der Waals surface area contributed by atoms with Crippen LogP contribution in [0, 0.1) is 0 Å². The molecule has 0 aliphatic carbocycles. The Bertz CT molecular complexity index is 465. The average molecular weight is 309 g/mol. The highest BCUT2D eigenvalue weighted by Gasteiger charge is 1.96. The predicted molar refractivity (Wildman–Crippen MR) is 86.9 cm³/mol. The van der Waals surface area contributed by atoms with Crippen LogP contribution in [-0.4, -0.2) is 14.2 Å². The lowest BCUT2D eigenvalue weighted by molar-refractivity contribution is 0.414. The van der Waals surface area contributed by atoms with Gasteiger partial charge >= 0.3 is 0 Å². The van der Waals surface area contributed by atoms with Crippen molar-refractivity contribution >= 4 is 12.4 Å². The van der Waals surface area contributed by atoms with E-state index in [-0.39, 0.29) is 12.4 Å². The number of benzene rings is 2. The molecule has 4 nitrogen and oxygen atoms in total. The standard InChI is InChI=1S/C16H20N2O2.ClH/c1-19-15-7-3-13(4-8-15)11-17-18-12-14-5-9-16(20-2)10-6-14;/h3-10,17-18H,11-12H2,1-2H3;1H. The minimum absolute atomic E-state index is 0. The van der Waals surface area contributed by atoms with Crippen LogP contribution in [0.5, 0.6) is 11.5 Å². The summed E-state index contributed by atoms with van der Waals surface area (Å²) in [5.74, 6) is 1.75. The Balaban J connectivity index is 0.00000220. The summed E-state index contributed by atoms with van der Waals surface area (Å²) in [5.41, 5.74) is 8.79. The number of hydrogen-bond acceptors (Lipinski definition) is 4. The Hall–Kier alpha value is -1.75. The number of hydrazine groups is 1. The second-order valence-corrected chi connectivity index (χ2v) is 4.40. The van der Waals surface area contributed by atoms with Crippen molar-refractivity contribution in [1.82, 2.24) is 10.9 Å². The molecule has 0 heterocycles. The maximum absolute atomic E-state index is 5.13. The molecular weight excluding hydrogens is 288 g/mol. The van der Waals surface area contributed by atoms with Gasteiger partial charge in [0.05, 0.1) is 14.2 Å². The van der Waals surface area contributed by atoms with Crippen LogP contribution in [0.4, 0.5) is 0 Å². The molecule has 0 unspecified atom stereocenters. The molecule has 2 N–H and O–H groups in total. The third-order valence-electron chi connectivity index (χ3n) is 3.03. The molecule has 0 aliphatic rings. The van der Waals surface area contributed by atoms with Crippen molar-refractivity contribution < 1.29 is 9.47 Å². The van der Waals surface area contributed by atoms with Crippen molar-refractivity contribution in [2.75, 3.05) is 14.2 Å². The van der Waals surface area contributed by atoms with Gasteiger partial charge < -0.3 is 9.47 Å². The lowest BCUT2D eigenvalue weighted by atomic mass is 10.2. The maximum Gasteiger partial charge on any atom is 0.118 e. The van der Waals surface area contributed by atoms with Crippen molar-refractivity contribution in [3.63, 3.8) is 0 Å². The van der Waals surface area contributed by atoms with Gasteiger partial charge in [0, 0.05) is 13.1 Å². The molecule has 2 rings (SSSR count). The van der Waals surface area contributed by atoms with E-state index in [0.29, 0.717) is 0 Å². The summed E-state index contributed by atoms with van der Waals surface area (Å²) in [6.45, 7) is 1.53. The number of ether oxygens (including phenoxy) is 2. The molecule has 0 bridgehead atoms. The fraction of sp³-hybridized carbons (Fsp3) is 0.250. The third kappa shape index (κ3) is 5.63. The van der Waals surface area contributed by atoms with Crippen LogP contribution < -0.4 is 20.3 Å². The Kier molecular flexibility index (Phi) is 7.61. The van der Waals surface area contributed by atoms with Gasteiger partial charge in [-0.25, -0.2) is 0 Å². The summed E-state index contributed by atoms with van der Waals surface area (Å²) in [7, 11) is 3.34. The van der Waals surface area contributed by atoms with Crippen LogP contribution in [0.2, 0.25) is 0 Å². The van der Waals surface area contributed by atoms with Crippen LogP contribution in [0.25, 0.3) is 0 Å². The number of rotatable bonds is 7. The molecule has 0 saturated heterocycles. The molecule has 0 amide bonds. The first-order valence-electron chi connectivity index (χ1n) is 6.53. The Labute approximate surface area is 131 Å². The fourth-order valence-electron chi connectivity index (χ4n) is 1.82. The smallest absolute Gasteiger partial charge is 0.118 e. The number of halogens is 1. The van der Waals surface area contributed by atoms with Gasteiger partial charge in [-0.1, -0.05) is 24.3 Å². The lowest BCUT2D eigenvalue weighted by Crippen LogP contribution is -2.30. The molecular formula is C16H21ClN2O2. The molecule has 0 atom stereocenters.